The molecule has 8 aliphatic rings. The van der Waals surface area contributed by atoms with E-state index in [0.717, 1.165) is 74.9 Å². The van der Waals surface area contributed by atoms with Gasteiger partial charge in [-0.3, -0.25) is 42.9 Å². The normalized spacial score (nSPS) is 25.9. The smallest absolute Gasteiger partial charge is 0.410 e. The van der Waals surface area contributed by atoms with E-state index in [1.807, 2.05) is 48.0 Å². The number of aliphatic hydroxyl groups excluding tert-OH is 7. The number of fused-ring (bicyclic) bond motifs is 2. The largest absolute Gasteiger partial charge is 0.479 e. The zero-order valence-corrected chi connectivity index (χ0v) is 71.3. The number of aliphatic carboxylic acids is 1. The van der Waals surface area contributed by atoms with Gasteiger partial charge in [0.2, 0.25) is 23.6 Å². The number of aliphatic hydroxyl groups is 7. The summed E-state index contributed by atoms with van der Waals surface area (Å²) in [6.45, 7) is 9.76. The lowest BCUT2D eigenvalue weighted by molar-refractivity contribution is -0.248. The number of amides is 7. The molecule has 7 heterocycles. The standard InChI is InChI=1S/C85H108N12O25S2/c1-46(2)68(92-65(101)35-95-54(38-119-28-29-124(116,117)118)31-59(77(95)110)97-66(102)20-21-67(97)103)76(109)88-47(3)75(108)89-53-16-14-52(50(30-53)15-18-62-71(105)72(106)73(107)74(122-62)79(113)114)37-120-81(115)93(25-23-60(99)70(104)61(100)36-98)26-27-121-85-42-82(5)39-83(6,43-85)41-84(40-82,44-85)45-96-48(4)56(33-87-96)55-17-19-64(91-69(55)78(111)112)94-24-22-49-10-9-11-51(57(49)34-94)32-86-80-90-58-12-7-8-13-63(58)123-80/h7-14,16-17,19-21,30,33,46-47,54,59-62,68,70-74,98-100,104-107H,15,18,22-29,31-32,34-45H2,1-6H3,(H,86,90)(H,88,109)(H,89,108)(H,92,101)(H,111,112)(H,113,114)(H,116,117,118)/t47-,54-,59-,60+,61+,62-,68-,70-,71-,72+,73-,74-,82?,83?,84?,85?/m0/s1. The monoisotopic (exact) mass is 1760 g/mol. The lowest BCUT2D eigenvalue weighted by Gasteiger charge is -2.69. The highest BCUT2D eigenvalue weighted by atomic mass is 32.2. The van der Waals surface area contributed by atoms with Crippen molar-refractivity contribution in [3.63, 3.8) is 0 Å². The summed E-state index contributed by atoms with van der Waals surface area (Å²) in [6, 6.07) is 17.3. The molecule has 14 rings (SSSR count). The minimum atomic E-state index is -4.44. The summed E-state index contributed by atoms with van der Waals surface area (Å²) in [4.78, 5) is 136. The fourth-order valence-electron chi connectivity index (χ4n) is 20.0. The fourth-order valence-corrected chi connectivity index (χ4v) is 21.2. The zero-order chi connectivity index (χ0) is 89.2. The van der Waals surface area contributed by atoms with Crippen LogP contribution < -0.4 is 26.2 Å². The predicted octanol–water partition coefficient (Wildman–Crippen LogP) is 3.23. The summed E-state index contributed by atoms with van der Waals surface area (Å²) in [6.07, 6.45) is -7.09. The number of pyridine rings is 1. The number of thiazole rings is 1. The van der Waals surface area contributed by atoms with Crippen LogP contribution in [0.2, 0.25) is 0 Å². The van der Waals surface area contributed by atoms with Crippen LogP contribution in [-0.4, -0.2) is 284 Å². The minimum Gasteiger partial charge on any atom is -0.479 e. The SMILES string of the molecule is Cc1c(-c2ccc(N3CCc4cccc(CNc5nc6ccccc6s5)c4C3)nc2C(=O)O)cnn1CC12CC3(C)CC(C)(C1)CC(OCCN(CC[C@@H](O)[C@H](O)[C@H](O)CO)C(=O)OCc1ccc(NC(=O)[C@H](C)NC(=O)[C@@H](NC(=O)CN4C(=O)[C@@H](N5C(=O)C=CC5=O)C[C@H]4COCCS(=O)(=O)O)C(C)C)cc1CC[C@@H]1O[C@H](C(=O)O)[C@@H](O)[C@H](O)[C@H]1O)(C3)C2. The Morgan fingerprint density at radius 1 is 0.798 bits per heavy atom. The molecule has 7 amide bonds. The highest BCUT2D eigenvalue weighted by Gasteiger charge is 2.66. The molecular weight excluding hydrogens is 1650 g/mol. The Bertz CT molecular complexity index is 5110. The summed E-state index contributed by atoms with van der Waals surface area (Å²) in [5.41, 5.74) is 5.38. The van der Waals surface area contributed by atoms with E-state index in [1.165, 1.54) is 35.6 Å². The van der Waals surface area contributed by atoms with Crippen molar-refractivity contribution in [1.29, 1.82) is 0 Å². The number of ether oxygens (including phenoxy) is 4. The van der Waals surface area contributed by atoms with Crippen molar-refractivity contribution in [2.24, 2.45) is 22.2 Å². The van der Waals surface area contributed by atoms with Crippen LogP contribution in [0.15, 0.2) is 91.1 Å². The number of carbonyl (C=O) groups is 9. The van der Waals surface area contributed by atoms with Crippen LogP contribution in [0, 0.1) is 29.1 Å². The number of para-hydroxylation sites is 1. The molecule has 14 N–H and O–H groups in total. The molecule has 2 unspecified atom stereocenters. The van der Waals surface area contributed by atoms with Gasteiger partial charge in [-0.2, -0.15) is 13.5 Å². The van der Waals surface area contributed by atoms with Gasteiger partial charge in [-0.1, -0.05) is 75.4 Å². The first-order chi connectivity index (χ1) is 58.7. The molecule has 14 atom stereocenters. The number of benzene rings is 3. The molecule has 0 radical (unpaired) electrons. The van der Waals surface area contributed by atoms with E-state index in [1.54, 1.807) is 31.4 Å². The lowest BCUT2D eigenvalue weighted by atomic mass is 9.39. The molecule has 4 aliphatic heterocycles. The van der Waals surface area contributed by atoms with E-state index in [9.17, 15) is 102 Å². The van der Waals surface area contributed by atoms with Crippen molar-refractivity contribution >= 4 is 102 Å². The zero-order valence-electron chi connectivity index (χ0n) is 69.6. The maximum Gasteiger partial charge on any atom is 0.410 e. The number of aromatic carboxylic acids is 1. The molecule has 3 aromatic carbocycles. The number of hydrogen-bond acceptors (Lipinski definition) is 28. The van der Waals surface area contributed by atoms with Crippen molar-refractivity contribution < 1.29 is 121 Å². The molecule has 124 heavy (non-hydrogen) atoms. The van der Waals surface area contributed by atoms with Crippen LogP contribution in [-0.2, 0) is 102 Å². The first-order valence-electron chi connectivity index (χ1n) is 41.5. The van der Waals surface area contributed by atoms with E-state index in [2.05, 4.69) is 58.2 Å². The average Bonchev–Trinajstić information content (AvgIpc) is 0.816. The number of carboxylic acid groups (broad SMARTS) is 2. The molecule has 6 aromatic rings. The number of rotatable bonds is 38. The maximum absolute atomic E-state index is 14.7. The number of nitrogens with zero attached hydrogens (tertiary/aromatic N) is 8. The van der Waals surface area contributed by atoms with Crippen molar-refractivity contribution in [3.8, 4) is 11.1 Å². The number of likely N-dealkylation sites (tertiary alicyclic amines) is 1. The van der Waals surface area contributed by atoms with E-state index < -0.39 is 180 Å². The highest BCUT2D eigenvalue weighted by molar-refractivity contribution is 7.85. The third-order valence-corrected chi connectivity index (χ3v) is 26.7. The van der Waals surface area contributed by atoms with Gasteiger partial charge in [0.05, 0.1) is 79.0 Å². The summed E-state index contributed by atoms with van der Waals surface area (Å²) in [5.74, 6) is -8.63. The van der Waals surface area contributed by atoms with Gasteiger partial charge in [0.1, 0.15) is 61.1 Å². The molecule has 670 valence electrons. The molecule has 4 bridgehead atoms. The van der Waals surface area contributed by atoms with Crippen LogP contribution in [0.1, 0.15) is 136 Å². The molecule has 37 nitrogen and oxygen atoms in total. The molecule has 39 heteroatoms. The number of anilines is 3. The lowest BCUT2D eigenvalue weighted by Crippen LogP contribution is -2.64. The van der Waals surface area contributed by atoms with Crippen LogP contribution in [0.3, 0.4) is 0 Å². The number of aromatic nitrogens is 4. The molecule has 6 fully saturated rings. The highest BCUT2D eigenvalue weighted by Crippen LogP contribution is 2.72. The second kappa shape index (κ2) is 37.7. The maximum atomic E-state index is 14.7. The number of hydrogen-bond donors (Lipinski definition) is 14. The molecule has 4 saturated carbocycles. The topological polar surface area (TPSA) is 532 Å². The van der Waals surface area contributed by atoms with Crippen molar-refractivity contribution in [2.45, 2.75) is 217 Å². The third kappa shape index (κ3) is 20.7. The Morgan fingerprint density at radius 3 is 2.23 bits per heavy atom. The van der Waals surface area contributed by atoms with E-state index in [0.29, 0.717) is 72.8 Å². The van der Waals surface area contributed by atoms with E-state index >= 15 is 0 Å². The van der Waals surface area contributed by atoms with Crippen molar-refractivity contribution in [3.05, 3.63) is 130 Å². The summed E-state index contributed by atoms with van der Waals surface area (Å²) >= 11 is 1.59. The van der Waals surface area contributed by atoms with Gasteiger partial charge in [0.25, 0.3) is 21.9 Å². The van der Waals surface area contributed by atoms with Gasteiger partial charge in [-0.05, 0) is 164 Å². The number of carboxylic acids is 2. The molecule has 0 spiro atoms. The molecule has 2 saturated heterocycles. The Kier molecular flexibility index (Phi) is 27.8. The summed E-state index contributed by atoms with van der Waals surface area (Å²) < 4.78 is 59.2. The average molecular weight is 1760 g/mol. The van der Waals surface area contributed by atoms with Crippen LogP contribution in [0.25, 0.3) is 21.3 Å². The second-order valence-electron chi connectivity index (χ2n) is 35.1. The summed E-state index contributed by atoms with van der Waals surface area (Å²) in [5, 5.41) is 112. The Hall–Kier alpha value is -10.0. The van der Waals surface area contributed by atoms with Gasteiger partial charge >= 0.3 is 18.0 Å². The van der Waals surface area contributed by atoms with Gasteiger partial charge in [-0.15, -0.1) is 0 Å². The van der Waals surface area contributed by atoms with Gasteiger partial charge in [0, 0.05) is 80.3 Å². The first kappa shape index (κ1) is 91.7. The Labute approximate surface area is 718 Å². The number of imide groups is 1. The van der Waals surface area contributed by atoms with Crippen LogP contribution in [0.4, 0.5) is 21.4 Å². The second-order valence-corrected chi connectivity index (χ2v) is 37.7. The number of carbonyl (C=O) groups excluding carboxylic acids is 7. The van der Waals surface area contributed by atoms with Crippen LogP contribution >= 0.6 is 11.3 Å². The van der Waals surface area contributed by atoms with Gasteiger partial charge in [-0.25, -0.2) is 24.4 Å². The van der Waals surface area contributed by atoms with Gasteiger partial charge in [0.15, 0.2) is 16.9 Å². The molecule has 3 aromatic heterocycles. The molecular formula is C85H108N12O25S2. The first-order valence-corrected chi connectivity index (χ1v) is 43.9. The molecule has 4 aliphatic carbocycles. The van der Waals surface area contributed by atoms with Crippen LogP contribution in [0.5, 0.6) is 0 Å². The minimum absolute atomic E-state index is 0.0419. The Morgan fingerprint density at radius 2 is 1.53 bits per heavy atom. The van der Waals surface area contributed by atoms with E-state index in [-0.39, 0.29) is 85.2 Å². The van der Waals surface area contributed by atoms with Crippen molar-refractivity contribution in [1.82, 2.24) is 45.1 Å². The summed E-state index contributed by atoms with van der Waals surface area (Å²) in [7, 11) is -4.44. The van der Waals surface area contributed by atoms with Crippen molar-refractivity contribution in [2.75, 3.05) is 73.9 Å². The quantitative estimate of drug-likeness (QED) is 0.0150. The number of aryl methyl sites for hydroxylation is 1. The fraction of sp³-hybridized carbons (Fsp3) is 0.553. The third-order valence-electron chi connectivity index (χ3n) is 25.0. The predicted molar refractivity (Wildman–Crippen MR) is 446 cm³/mol. The van der Waals surface area contributed by atoms with Gasteiger partial charge < -0.3 is 101 Å². The number of nitrogens with one attached hydrogen (secondary N) is 4. The van der Waals surface area contributed by atoms with E-state index in [4.69, 9.17) is 34.0 Å². The Balaban J connectivity index is 0.679.